The molecule has 1 aliphatic heterocycles. The van der Waals surface area contributed by atoms with Crippen molar-refractivity contribution < 1.29 is 9.90 Å². The maximum absolute atomic E-state index is 11.1. The quantitative estimate of drug-likeness (QED) is 0.325. The van der Waals surface area contributed by atoms with Gasteiger partial charge < -0.3 is 5.11 Å². The first-order valence-corrected chi connectivity index (χ1v) is 13.8. The Bertz CT molecular complexity index is 1360. The fourth-order valence-corrected chi connectivity index (χ4v) is 6.64. The highest BCUT2D eigenvalue weighted by molar-refractivity contribution is 6.35. The second-order valence-electron chi connectivity index (χ2n) is 10.5. The largest absolute Gasteiger partial charge is 0.481 e. The van der Waals surface area contributed by atoms with Gasteiger partial charge in [0.25, 0.3) is 0 Å². The topological polar surface area (TPSA) is 84.1 Å². The van der Waals surface area contributed by atoms with E-state index in [-0.39, 0.29) is 24.9 Å². The summed E-state index contributed by atoms with van der Waals surface area (Å²) < 4.78 is 1.91. The van der Waals surface area contributed by atoms with Gasteiger partial charge in [0.1, 0.15) is 5.52 Å². The highest BCUT2D eigenvalue weighted by Gasteiger charge is 2.35. The van der Waals surface area contributed by atoms with Gasteiger partial charge in [-0.25, -0.2) is 14.6 Å². The lowest BCUT2D eigenvalue weighted by Gasteiger charge is -2.39. The maximum atomic E-state index is 11.1. The van der Waals surface area contributed by atoms with Gasteiger partial charge in [-0.2, -0.15) is 5.10 Å². The van der Waals surface area contributed by atoms with E-state index in [1.807, 2.05) is 29.9 Å². The van der Waals surface area contributed by atoms with E-state index in [9.17, 15) is 4.79 Å². The first-order valence-electron chi connectivity index (χ1n) is 13.1. The highest BCUT2D eigenvalue weighted by atomic mass is 35.5. The zero-order valence-electron chi connectivity index (χ0n) is 21.9. The molecule has 0 unspecified atom stereocenters. The number of aliphatic carboxylic acids is 1. The van der Waals surface area contributed by atoms with Crippen LogP contribution in [0.15, 0.2) is 30.5 Å². The Labute approximate surface area is 239 Å². The van der Waals surface area contributed by atoms with Crippen LogP contribution < -0.4 is 0 Å². The molecule has 38 heavy (non-hydrogen) atoms. The Hall–Kier alpha value is -2.19. The summed E-state index contributed by atoms with van der Waals surface area (Å²) in [6, 6.07) is 6.19. The summed E-state index contributed by atoms with van der Waals surface area (Å²) in [6.45, 7) is 7.36. The van der Waals surface area contributed by atoms with Crippen LogP contribution in [0.2, 0.25) is 10.0 Å². The van der Waals surface area contributed by atoms with Gasteiger partial charge in [-0.05, 0) is 81.7 Å². The van der Waals surface area contributed by atoms with Crippen LogP contribution in [0.4, 0.5) is 0 Å². The Morgan fingerprint density at radius 2 is 2.08 bits per heavy atom. The monoisotopic (exact) mass is 577 g/mol. The standard InChI is InChI=1S/C28H33Cl2N5O2.ClH/c1-16-13-19(6-10-25(16)34-12-4-5-21(34)8-11-26(36)37)24-15-31-27-17(2)33-35(28(27)32-24)18(3)22-9-7-20(29)14-23(22)30;/h6-7,9,14-16,18,21,25H,4-5,8,10-13H2,1-3H3,(H,36,37);1H/t16-,18-,21+,25+;/m1./s1. The Morgan fingerprint density at radius 1 is 1.29 bits per heavy atom. The fourth-order valence-electron chi connectivity index (χ4n) is 6.08. The van der Waals surface area contributed by atoms with Gasteiger partial charge >= 0.3 is 5.97 Å². The molecule has 204 valence electrons. The zero-order valence-corrected chi connectivity index (χ0v) is 24.2. The molecule has 2 aromatic heterocycles. The summed E-state index contributed by atoms with van der Waals surface area (Å²) >= 11 is 12.6. The van der Waals surface area contributed by atoms with E-state index in [4.69, 9.17) is 43.4 Å². The smallest absolute Gasteiger partial charge is 0.303 e. The number of nitrogens with zero attached hydrogens (tertiary/aromatic N) is 5. The van der Waals surface area contributed by atoms with E-state index in [1.54, 1.807) is 6.07 Å². The van der Waals surface area contributed by atoms with E-state index in [0.717, 1.165) is 66.8 Å². The predicted molar refractivity (Wildman–Crippen MR) is 154 cm³/mol. The average molecular weight is 579 g/mol. The number of aryl methyl sites for hydroxylation is 1. The summed E-state index contributed by atoms with van der Waals surface area (Å²) in [4.78, 5) is 23.5. The van der Waals surface area contributed by atoms with E-state index in [2.05, 4.69) is 24.8 Å². The predicted octanol–water partition coefficient (Wildman–Crippen LogP) is 6.98. The fraction of sp³-hybridized carbons (Fsp3) is 0.500. The maximum Gasteiger partial charge on any atom is 0.303 e. The summed E-state index contributed by atoms with van der Waals surface area (Å²) in [5.41, 5.74) is 5.40. The van der Waals surface area contributed by atoms with Gasteiger partial charge in [0.15, 0.2) is 5.65 Å². The second-order valence-corrected chi connectivity index (χ2v) is 11.3. The Morgan fingerprint density at radius 3 is 2.79 bits per heavy atom. The minimum atomic E-state index is -0.707. The van der Waals surface area contributed by atoms with E-state index in [1.165, 1.54) is 5.57 Å². The minimum absolute atomic E-state index is 0. The molecular formula is C28H34Cl3N5O2. The number of fused-ring (bicyclic) bond motifs is 1. The molecule has 1 aliphatic carbocycles. The molecule has 1 aromatic carbocycles. The average Bonchev–Trinajstić information content (AvgIpc) is 3.46. The van der Waals surface area contributed by atoms with Gasteiger partial charge in [0.05, 0.1) is 23.6 Å². The molecule has 0 saturated carbocycles. The van der Waals surface area contributed by atoms with E-state index in [0.29, 0.717) is 28.0 Å². The zero-order chi connectivity index (χ0) is 26.3. The van der Waals surface area contributed by atoms with Crippen LogP contribution in [0.1, 0.15) is 75.4 Å². The number of carboxylic acids is 1. The molecule has 3 aromatic rings. The molecule has 7 nitrogen and oxygen atoms in total. The molecule has 0 radical (unpaired) electrons. The third-order valence-electron chi connectivity index (χ3n) is 8.02. The summed E-state index contributed by atoms with van der Waals surface area (Å²) in [5.74, 6) is -0.261. The third kappa shape index (κ3) is 5.71. The van der Waals surface area contributed by atoms with Crippen molar-refractivity contribution in [3.05, 3.63) is 57.5 Å². The number of likely N-dealkylation sites (tertiary alicyclic amines) is 1. The molecule has 4 atom stereocenters. The van der Waals surface area contributed by atoms with Gasteiger partial charge in [-0.3, -0.25) is 9.69 Å². The highest BCUT2D eigenvalue weighted by Crippen LogP contribution is 2.37. The molecule has 2 aliphatic rings. The lowest BCUT2D eigenvalue weighted by molar-refractivity contribution is -0.137. The lowest BCUT2D eigenvalue weighted by atomic mass is 9.83. The van der Waals surface area contributed by atoms with Crippen LogP contribution in [-0.4, -0.2) is 54.4 Å². The molecule has 0 amide bonds. The number of hydrogen-bond acceptors (Lipinski definition) is 5. The third-order valence-corrected chi connectivity index (χ3v) is 8.59. The van der Waals surface area contributed by atoms with Crippen LogP contribution in [0.5, 0.6) is 0 Å². The normalized spacial score (nSPS) is 22.8. The van der Waals surface area contributed by atoms with Crippen molar-refractivity contribution in [2.75, 3.05) is 6.54 Å². The Balaban J connectivity index is 0.00000336. The minimum Gasteiger partial charge on any atom is -0.481 e. The molecule has 1 N–H and O–H groups in total. The van der Waals surface area contributed by atoms with Crippen molar-refractivity contribution in [1.82, 2.24) is 24.6 Å². The molecule has 10 heteroatoms. The number of hydrogen-bond donors (Lipinski definition) is 1. The number of carboxylic acid groups (broad SMARTS) is 1. The van der Waals surface area contributed by atoms with Crippen molar-refractivity contribution in [3.8, 4) is 0 Å². The number of halogens is 3. The van der Waals surface area contributed by atoms with Crippen molar-refractivity contribution >= 4 is 58.3 Å². The molecule has 5 rings (SSSR count). The van der Waals surface area contributed by atoms with Crippen LogP contribution in [0.25, 0.3) is 16.7 Å². The summed E-state index contributed by atoms with van der Waals surface area (Å²) in [6.07, 6.45) is 9.24. The van der Waals surface area contributed by atoms with Gasteiger partial charge in [0.2, 0.25) is 0 Å². The molecule has 0 spiro atoms. The number of rotatable bonds is 7. The van der Waals surface area contributed by atoms with E-state index < -0.39 is 5.97 Å². The van der Waals surface area contributed by atoms with E-state index >= 15 is 0 Å². The van der Waals surface area contributed by atoms with Crippen molar-refractivity contribution in [1.29, 1.82) is 0 Å². The van der Waals surface area contributed by atoms with Crippen LogP contribution in [0, 0.1) is 12.8 Å². The Kier molecular flexibility index (Phi) is 9.03. The van der Waals surface area contributed by atoms with Gasteiger partial charge in [-0.15, -0.1) is 12.4 Å². The second kappa shape index (κ2) is 11.9. The summed E-state index contributed by atoms with van der Waals surface area (Å²) in [7, 11) is 0. The summed E-state index contributed by atoms with van der Waals surface area (Å²) in [5, 5.41) is 15.1. The molecule has 1 saturated heterocycles. The van der Waals surface area contributed by atoms with Crippen LogP contribution in [0.3, 0.4) is 0 Å². The number of benzene rings is 1. The van der Waals surface area contributed by atoms with Gasteiger partial charge in [-0.1, -0.05) is 42.3 Å². The number of allylic oxidation sites excluding steroid dienone is 1. The molecule has 1 fully saturated rings. The van der Waals surface area contributed by atoms with Crippen molar-refractivity contribution in [2.24, 2.45) is 5.92 Å². The molecular weight excluding hydrogens is 545 g/mol. The first-order chi connectivity index (χ1) is 17.7. The molecule has 0 bridgehead atoms. The number of aromatic nitrogens is 4. The number of carbonyl (C=O) groups is 1. The van der Waals surface area contributed by atoms with Gasteiger partial charge in [0, 0.05) is 28.5 Å². The lowest BCUT2D eigenvalue weighted by Crippen LogP contribution is -2.44. The SMILES string of the molecule is Cc1nn([C@H](C)c2ccc(Cl)cc2Cl)c2nc(C3=CC[C@H](N4CCC[C@H]4CCC(=O)O)[C@H](C)C3)cnc12.Cl. The first kappa shape index (κ1) is 28.8. The van der Waals surface area contributed by atoms with Crippen LogP contribution in [-0.2, 0) is 4.79 Å². The molecule has 3 heterocycles. The van der Waals surface area contributed by atoms with Crippen LogP contribution >= 0.6 is 35.6 Å². The van der Waals surface area contributed by atoms with Crippen molar-refractivity contribution in [3.63, 3.8) is 0 Å². The van der Waals surface area contributed by atoms with Crippen molar-refractivity contribution in [2.45, 2.75) is 77.4 Å².